The van der Waals surface area contributed by atoms with E-state index in [9.17, 15) is 9.59 Å². The van der Waals surface area contributed by atoms with Crippen molar-refractivity contribution in [3.05, 3.63) is 24.3 Å². The Bertz CT molecular complexity index is 399. The molecule has 17 heavy (non-hydrogen) atoms. The number of amides is 1. The van der Waals surface area contributed by atoms with E-state index in [-0.39, 0.29) is 12.5 Å². The molecule has 92 valence electrons. The quantitative estimate of drug-likeness (QED) is 0.843. The number of nitrogens with zero attached hydrogens (tertiary/aromatic N) is 1. The van der Waals surface area contributed by atoms with Crippen LogP contribution >= 0.6 is 0 Å². The summed E-state index contributed by atoms with van der Waals surface area (Å²) in [5, 5.41) is 8.71. The molecule has 0 atom stereocenters. The molecule has 0 aliphatic carbocycles. The van der Waals surface area contributed by atoms with Crippen LogP contribution in [0.1, 0.15) is 13.8 Å². The summed E-state index contributed by atoms with van der Waals surface area (Å²) in [5.41, 5.74) is 0.545. The van der Waals surface area contributed by atoms with Crippen LogP contribution in [-0.2, 0) is 9.59 Å². The topological polar surface area (TPSA) is 66.8 Å². The average molecular weight is 237 g/mol. The molecule has 0 aliphatic rings. The normalized spacial score (nSPS) is 9.76. The van der Waals surface area contributed by atoms with Crippen molar-refractivity contribution in [3.63, 3.8) is 0 Å². The van der Waals surface area contributed by atoms with Gasteiger partial charge < -0.3 is 14.7 Å². The number of hydrogen-bond acceptors (Lipinski definition) is 3. The van der Waals surface area contributed by atoms with Gasteiger partial charge in [0.05, 0.1) is 6.61 Å². The van der Waals surface area contributed by atoms with Crippen LogP contribution in [0.4, 0.5) is 5.69 Å². The van der Waals surface area contributed by atoms with Gasteiger partial charge in [-0.15, -0.1) is 0 Å². The zero-order chi connectivity index (χ0) is 12.8. The highest BCUT2D eigenvalue weighted by Gasteiger charge is 2.14. The minimum atomic E-state index is -1.05. The summed E-state index contributed by atoms with van der Waals surface area (Å²) >= 11 is 0. The van der Waals surface area contributed by atoms with Gasteiger partial charge in [-0.05, 0) is 31.2 Å². The van der Waals surface area contributed by atoms with Crippen LogP contribution in [0, 0.1) is 0 Å². The number of carboxylic acid groups (broad SMARTS) is 1. The van der Waals surface area contributed by atoms with Gasteiger partial charge in [0.25, 0.3) is 0 Å². The minimum Gasteiger partial charge on any atom is -0.494 e. The Kier molecular flexibility index (Phi) is 4.51. The Morgan fingerprint density at radius 2 is 1.88 bits per heavy atom. The van der Waals surface area contributed by atoms with Crippen LogP contribution < -0.4 is 9.64 Å². The van der Waals surface area contributed by atoms with Crippen LogP contribution in [0.15, 0.2) is 24.3 Å². The smallest absolute Gasteiger partial charge is 0.323 e. The fourth-order valence-corrected chi connectivity index (χ4v) is 1.41. The van der Waals surface area contributed by atoms with Gasteiger partial charge in [0.2, 0.25) is 5.91 Å². The Labute approximate surface area is 99.6 Å². The highest BCUT2D eigenvalue weighted by molar-refractivity contribution is 5.95. The van der Waals surface area contributed by atoms with Gasteiger partial charge >= 0.3 is 5.97 Å². The average Bonchev–Trinajstić information content (AvgIpc) is 2.27. The monoisotopic (exact) mass is 237 g/mol. The lowest BCUT2D eigenvalue weighted by molar-refractivity contribution is -0.136. The third-order valence-corrected chi connectivity index (χ3v) is 2.13. The lowest BCUT2D eigenvalue weighted by Gasteiger charge is -2.19. The number of anilines is 1. The first-order valence-electron chi connectivity index (χ1n) is 5.27. The Morgan fingerprint density at radius 3 is 2.29 bits per heavy atom. The molecule has 1 N–H and O–H groups in total. The summed E-state index contributed by atoms with van der Waals surface area (Å²) in [6, 6.07) is 6.73. The first-order valence-corrected chi connectivity index (χ1v) is 5.27. The number of rotatable bonds is 5. The third-order valence-electron chi connectivity index (χ3n) is 2.13. The number of carbonyl (C=O) groups is 2. The standard InChI is InChI=1S/C12H15NO4/c1-3-17-11-6-4-10(5-7-11)13(9(2)14)8-12(15)16/h4-7H,3,8H2,1-2H3,(H,15,16). The molecule has 0 bridgehead atoms. The van der Waals surface area contributed by atoms with E-state index in [1.807, 2.05) is 6.92 Å². The van der Waals surface area contributed by atoms with Gasteiger partial charge in [0, 0.05) is 12.6 Å². The lowest BCUT2D eigenvalue weighted by atomic mass is 10.2. The zero-order valence-electron chi connectivity index (χ0n) is 9.84. The summed E-state index contributed by atoms with van der Waals surface area (Å²) in [4.78, 5) is 23.2. The van der Waals surface area contributed by atoms with Crippen LogP contribution in [0.2, 0.25) is 0 Å². The van der Waals surface area contributed by atoms with E-state index < -0.39 is 5.97 Å². The van der Waals surface area contributed by atoms with E-state index in [2.05, 4.69) is 0 Å². The Morgan fingerprint density at radius 1 is 1.29 bits per heavy atom. The van der Waals surface area contributed by atoms with Crippen molar-refractivity contribution in [1.82, 2.24) is 0 Å². The number of aliphatic carboxylic acids is 1. The van der Waals surface area contributed by atoms with Crippen LogP contribution in [0.3, 0.4) is 0 Å². The van der Waals surface area contributed by atoms with Gasteiger partial charge in [-0.2, -0.15) is 0 Å². The molecule has 0 saturated heterocycles. The van der Waals surface area contributed by atoms with E-state index in [1.165, 1.54) is 11.8 Å². The molecule has 1 aromatic carbocycles. The molecule has 0 spiro atoms. The van der Waals surface area contributed by atoms with E-state index in [0.717, 1.165) is 0 Å². The molecule has 0 saturated carbocycles. The number of hydrogen-bond donors (Lipinski definition) is 1. The van der Waals surface area contributed by atoms with Gasteiger partial charge in [0.1, 0.15) is 12.3 Å². The zero-order valence-corrected chi connectivity index (χ0v) is 9.84. The molecule has 0 fully saturated rings. The summed E-state index contributed by atoms with van der Waals surface area (Å²) in [6.45, 7) is 3.42. The van der Waals surface area contributed by atoms with Gasteiger partial charge in [-0.1, -0.05) is 0 Å². The third kappa shape index (κ3) is 3.79. The van der Waals surface area contributed by atoms with Crippen LogP contribution in [0.25, 0.3) is 0 Å². The van der Waals surface area contributed by atoms with E-state index >= 15 is 0 Å². The first kappa shape index (κ1) is 13.0. The van der Waals surface area contributed by atoms with Crippen molar-refractivity contribution >= 4 is 17.6 Å². The van der Waals surface area contributed by atoms with Crippen molar-refractivity contribution in [2.75, 3.05) is 18.1 Å². The van der Waals surface area contributed by atoms with Crippen molar-refractivity contribution in [2.45, 2.75) is 13.8 Å². The van der Waals surface area contributed by atoms with Crippen molar-refractivity contribution < 1.29 is 19.4 Å². The largest absolute Gasteiger partial charge is 0.494 e. The molecule has 0 aromatic heterocycles. The first-order chi connectivity index (χ1) is 8.04. The highest BCUT2D eigenvalue weighted by Crippen LogP contribution is 2.19. The number of benzene rings is 1. The second-order valence-electron chi connectivity index (χ2n) is 3.43. The summed E-state index contributed by atoms with van der Waals surface area (Å²) in [6.07, 6.45) is 0. The van der Waals surface area contributed by atoms with E-state index in [1.54, 1.807) is 24.3 Å². The molecule has 1 aromatic rings. The molecule has 1 amide bonds. The van der Waals surface area contributed by atoms with Crippen LogP contribution in [0.5, 0.6) is 5.75 Å². The van der Waals surface area contributed by atoms with E-state index in [4.69, 9.17) is 9.84 Å². The number of carboxylic acids is 1. The molecule has 0 radical (unpaired) electrons. The van der Waals surface area contributed by atoms with Crippen molar-refractivity contribution in [1.29, 1.82) is 0 Å². The van der Waals surface area contributed by atoms with E-state index in [0.29, 0.717) is 18.0 Å². The molecule has 0 aliphatic heterocycles. The summed E-state index contributed by atoms with van der Waals surface area (Å²) in [7, 11) is 0. The fourth-order valence-electron chi connectivity index (χ4n) is 1.41. The molecule has 0 unspecified atom stereocenters. The summed E-state index contributed by atoms with van der Waals surface area (Å²) in [5.74, 6) is -0.666. The Balaban J connectivity index is 2.87. The molecule has 0 heterocycles. The van der Waals surface area contributed by atoms with Crippen molar-refractivity contribution in [2.24, 2.45) is 0 Å². The van der Waals surface area contributed by atoms with Crippen LogP contribution in [-0.4, -0.2) is 30.1 Å². The molecular weight excluding hydrogens is 222 g/mol. The maximum atomic E-state index is 11.3. The lowest BCUT2D eigenvalue weighted by Crippen LogP contribution is -2.33. The highest BCUT2D eigenvalue weighted by atomic mass is 16.5. The number of carbonyl (C=O) groups excluding carboxylic acids is 1. The number of ether oxygens (including phenoxy) is 1. The molecule has 5 heteroatoms. The maximum absolute atomic E-state index is 11.3. The van der Waals surface area contributed by atoms with Gasteiger partial charge in [0.15, 0.2) is 0 Å². The SMILES string of the molecule is CCOc1ccc(N(CC(=O)O)C(C)=O)cc1. The Hall–Kier alpha value is -2.04. The molecule has 5 nitrogen and oxygen atoms in total. The van der Waals surface area contributed by atoms with Gasteiger partial charge in [-0.3, -0.25) is 9.59 Å². The van der Waals surface area contributed by atoms with Gasteiger partial charge in [-0.25, -0.2) is 0 Å². The maximum Gasteiger partial charge on any atom is 0.323 e. The second-order valence-corrected chi connectivity index (χ2v) is 3.43. The molecular formula is C12H15NO4. The van der Waals surface area contributed by atoms with Crippen molar-refractivity contribution in [3.8, 4) is 5.75 Å². The summed E-state index contributed by atoms with van der Waals surface area (Å²) < 4.78 is 5.26. The predicted octanol–water partition coefficient (Wildman–Crippen LogP) is 1.52. The minimum absolute atomic E-state index is 0.309. The second kappa shape index (κ2) is 5.89. The predicted molar refractivity (Wildman–Crippen MR) is 63.3 cm³/mol. The molecule has 1 rings (SSSR count). The fraction of sp³-hybridized carbons (Fsp3) is 0.333.